The van der Waals surface area contributed by atoms with Crippen molar-refractivity contribution in [1.29, 1.82) is 0 Å². The second-order valence-electron chi connectivity index (χ2n) is 7.71. The zero-order valence-corrected chi connectivity index (χ0v) is 17.7. The minimum atomic E-state index is -1.48. The van der Waals surface area contributed by atoms with Crippen LogP contribution in [0.4, 0.5) is 8.78 Å². The van der Waals surface area contributed by atoms with E-state index in [-0.39, 0.29) is 12.8 Å². The smallest absolute Gasteiger partial charge is 0.113 e. The molecule has 2 aromatic rings. The maximum Gasteiger partial charge on any atom is 0.113 e. The van der Waals surface area contributed by atoms with Gasteiger partial charge in [0.05, 0.1) is 20.0 Å². The zero-order valence-electron chi connectivity index (χ0n) is 16.9. The summed E-state index contributed by atoms with van der Waals surface area (Å²) in [5, 5.41) is 40.4. The van der Waals surface area contributed by atoms with Crippen LogP contribution in [0, 0.1) is 0 Å². The van der Waals surface area contributed by atoms with Gasteiger partial charge in [-0.25, -0.2) is 0 Å². The molecule has 4 N–H and O–H groups in total. The minimum Gasteiger partial charge on any atom is -0.394 e. The van der Waals surface area contributed by atoms with Crippen LogP contribution < -0.4 is 0 Å². The van der Waals surface area contributed by atoms with E-state index < -0.39 is 50.5 Å². The second-order valence-corrected chi connectivity index (χ2v) is 8.12. The molecule has 0 saturated carbocycles. The van der Waals surface area contributed by atoms with Crippen LogP contribution in [0.5, 0.6) is 0 Å². The highest BCUT2D eigenvalue weighted by Gasteiger charge is 2.44. The molecule has 5 nitrogen and oxygen atoms in total. The number of hydrogen-bond acceptors (Lipinski definition) is 5. The van der Waals surface area contributed by atoms with Crippen LogP contribution in [-0.4, -0.2) is 64.8 Å². The van der Waals surface area contributed by atoms with E-state index in [1.807, 2.05) is 6.07 Å². The summed E-state index contributed by atoms with van der Waals surface area (Å²) in [4.78, 5) is 0. The lowest BCUT2D eigenvalue weighted by molar-refractivity contribution is -0.231. The quantitative estimate of drug-likeness (QED) is 0.490. The molecule has 0 aliphatic carbocycles. The van der Waals surface area contributed by atoms with E-state index in [0.717, 1.165) is 16.7 Å². The van der Waals surface area contributed by atoms with E-state index in [1.54, 1.807) is 30.3 Å². The number of rotatable bonds is 8. The molecule has 170 valence electrons. The van der Waals surface area contributed by atoms with Gasteiger partial charge in [0.15, 0.2) is 0 Å². The first kappa shape index (κ1) is 24.0. The van der Waals surface area contributed by atoms with E-state index >= 15 is 0 Å². The molecule has 3 rings (SSSR count). The second kappa shape index (κ2) is 10.8. The largest absolute Gasteiger partial charge is 0.394 e. The van der Waals surface area contributed by atoms with Crippen LogP contribution in [0.3, 0.4) is 0 Å². The highest BCUT2D eigenvalue weighted by molar-refractivity contribution is 6.31. The molecule has 0 radical (unpaired) electrons. The van der Waals surface area contributed by atoms with Crippen LogP contribution in [0.1, 0.15) is 33.9 Å². The van der Waals surface area contributed by atoms with E-state index in [1.165, 1.54) is 0 Å². The highest BCUT2D eigenvalue weighted by atomic mass is 35.5. The third-order valence-corrected chi connectivity index (χ3v) is 6.12. The fourth-order valence-electron chi connectivity index (χ4n) is 4.09. The van der Waals surface area contributed by atoms with Crippen LogP contribution in [0.15, 0.2) is 36.4 Å². The summed E-state index contributed by atoms with van der Waals surface area (Å²) >= 11 is 6.39. The number of aliphatic hydroxyl groups is 4. The average molecular weight is 457 g/mol. The Hall–Kier alpha value is -1.61. The summed E-state index contributed by atoms with van der Waals surface area (Å²) in [6.45, 7) is -1.61. The molecule has 0 unspecified atom stereocenters. The van der Waals surface area contributed by atoms with Crippen LogP contribution in [-0.2, 0) is 24.0 Å². The minimum absolute atomic E-state index is 0.176. The lowest BCUT2D eigenvalue weighted by Crippen LogP contribution is -2.55. The Morgan fingerprint density at radius 1 is 0.871 bits per heavy atom. The number of ether oxygens (including phenoxy) is 1. The first-order valence-corrected chi connectivity index (χ1v) is 10.6. The van der Waals surface area contributed by atoms with Gasteiger partial charge in [-0.3, -0.25) is 8.78 Å². The Kier molecular flexibility index (Phi) is 8.38. The van der Waals surface area contributed by atoms with E-state index in [4.69, 9.17) is 16.3 Å². The van der Waals surface area contributed by atoms with Crippen LogP contribution in [0.25, 0.3) is 0 Å². The Morgan fingerprint density at radius 3 is 2.26 bits per heavy atom. The van der Waals surface area contributed by atoms with Crippen molar-refractivity contribution >= 4 is 11.6 Å². The summed E-state index contributed by atoms with van der Waals surface area (Å²) in [7, 11) is 0. The molecule has 1 aliphatic rings. The Morgan fingerprint density at radius 2 is 1.58 bits per heavy atom. The van der Waals surface area contributed by atoms with Crippen molar-refractivity contribution in [2.24, 2.45) is 0 Å². The van der Waals surface area contributed by atoms with Crippen LogP contribution >= 0.6 is 11.6 Å². The van der Waals surface area contributed by atoms with Crippen molar-refractivity contribution in [3.63, 3.8) is 0 Å². The van der Waals surface area contributed by atoms with Gasteiger partial charge in [0.25, 0.3) is 0 Å². The van der Waals surface area contributed by atoms with Gasteiger partial charge in [-0.2, -0.15) is 0 Å². The molecule has 1 saturated heterocycles. The molecular weight excluding hydrogens is 430 g/mol. The predicted molar refractivity (Wildman–Crippen MR) is 113 cm³/mol. The highest BCUT2D eigenvalue weighted by Crippen LogP contribution is 2.34. The average Bonchev–Trinajstić information content (AvgIpc) is 2.76. The van der Waals surface area contributed by atoms with Crippen molar-refractivity contribution in [1.82, 2.24) is 0 Å². The number of benzene rings is 2. The van der Waals surface area contributed by atoms with Gasteiger partial charge in [-0.05, 0) is 40.3 Å². The summed E-state index contributed by atoms with van der Waals surface area (Å²) in [6, 6.07) is 10.4. The van der Waals surface area contributed by atoms with Gasteiger partial charge in [-0.15, -0.1) is 0 Å². The predicted octanol–water partition coefficient (Wildman–Crippen LogP) is 2.47. The van der Waals surface area contributed by atoms with Gasteiger partial charge in [0.1, 0.15) is 30.5 Å². The Balaban J connectivity index is 1.93. The van der Waals surface area contributed by atoms with Gasteiger partial charge >= 0.3 is 0 Å². The third kappa shape index (κ3) is 5.25. The van der Waals surface area contributed by atoms with Crippen molar-refractivity contribution < 1.29 is 33.9 Å². The lowest BCUT2D eigenvalue weighted by Gasteiger charge is -2.40. The Bertz CT molecular complexity index is 879. The Labute approximate surface area is 184 Å². The summed E-state index contributed by atoms with van der Waals surface area (Å²) < 4.78 is 31.7. The number of aliphatic hydroxyl groups excluding tert-OH is 4. The zero-order chi connectivity index (χ0) is 22.5. The van der Waals surface area contributed by atoms with Gasteiger partial charge in [-0.1, -0.05) is 41.9 Å². The van der Waals surface area contributed by atoms with Gasteiger partial charge in [0, 0.05) is 17.9 Å². The molecule has 5 atom stereocenters. The normalized spacial score (nSPS) is 26.2. The molecule has 31 heavy (non-hydrogen) atoms. The maximum absolute atomic E-state index is 13.2. The molecule has 0 aromatic heterocycles. The number of halogens is 3. The fourth-order valence-corrected chi connectivity index (χ4v) is 4.28. The molecule has 0 amide bonds. The number of aryl methyl sites for hydroxylation is 1. The van der Waals surface area contributed by atoms with Crippen molar-refractivity contribution in [2.75, 3.05) is 20.0 Å². The molecular formula is C23H27ClF2O5. The van der Waals surface area contributed by atoms with Gasteiger partial charge in [0.2, 0.25) is 0 Å². The number of hydrogen-bond donors (Lipinski definition) is 4. The SMILES string of the molecule is OC[C@H]1O[C@@H](c2ccc(Cl)c(Cc3cccc(CCF)c3CCF)c2)[C@H](O)[C@@H](O)[C@@H]1O. The standard InChI is InChI=1S/C23H27ClF2O5/c24-18-5-4-15(23-22(30)21(29)20(28)19(12-27)31-23)11-16(18)10-14-3-1-2-13(6-8-25)17(14)7-9-26/h1-5,11,19-23,27-30H,6-10,12H2/t19-,20-,21+,22-,23+/m1/s1. The van der Waals surface area contributed by atoms with Crippen LogP contribution in [0.2, 0.25) is 5.02 Å². The first-order chi connectivity index (χ1) is 14.9. The van der Waals surface area contributed by atoms with Crippen molar-refractivity contribution in [3.8, 4) is 0 Å². The molecule has 8 heteroatoms. The van der Waals surface area contributed by atoms with Gasteiger partial charge < -0.3 is 25.2 Å². The summed E-state index contributed by atoms with van der Waals surface area (Å²) in [5.74, 6) is 0. The van der Waals surface area contributed by atoms with Crippen molar-refractivity contribution in [2.45, 2.75) is 49.8 Å². The summed E-state index contributed by atoms with van der Waals surface area (Å²) in [5.41, 5.74) is 3.56. The first-order valence-electron chi connectivity index (χ1n) is 10.2. The fraction of sp³-hybridized carbons (Fsp3) is 0.478. The molecule has 1 fully saturated rings. The summed E-state index contributed by atoms with van der Waals surface area (Å²) in [6.07, 6.45) is -5.57. The lowest BCUT2D eigenvalue weighted by atomic mass is 9.89. The van der Waals surface area contributed by atoms with Crippen molar-refractivity contribution in [3.05, 3.63) is 69.2 Å². The van der Waals surface area contributed by atoms with E-state index in [9.17, 15) is 29.2 Å². The molecule has 1 heterocycles. The molecule has 0 bridgehead atoms. The molecule has 2 aromatic carbocycles. The monoisotopic (exact) mass is 456 g/mol. The third-order valence-electron chi connectivity index (χ3n) is 5.75. The number of alkyl halides is 2. The van der Waals surface area contributed by atoms with E-state index in [2.05, 4.69) is 0 Å². The molecule has 0 spiro atoms. The van der Waals surface area contributed by atoms with E-state index in [0.29, 0.717) is 22.6 Å². The topological polar surface area (TPSA) is 90.2 Å². The maximum atomic E-state index is 13.2. The molecule has 1 aliphatic heterocycles.